The summed E-state index contributed by atoms with van der Waals surface area (Å²) in [6.07, 6.45) is 2.16. The van der Waals surface area contributed by atoms with Crippen LogP contribution in [0.4, 0.5) is 0 Å². The fourth-order valence-electron chi connectivity index (χ4n) is 2.28. The molecular formula is C12H13Cl2NO. The number of rotatable bonds is 2. The van der Waals surface area contributed by atoms with Crippen LogP contribution in [-0.2, 0) is 11.3 Å². The third kappa shape index (κ3) is 2.21. The van der Waals surface area contributed by atoms with Crippen molar-refractivity contribution in [3.05, 3.63) is 33.8 Å². The summed E-state index contributed by atoms with van der Waals surface area (Å²) in [7, 11) is 0. The van der Waals surface area contributed by atoms with E-state index in [0.717, 1.165) is 36.6 Å². The SMILES string of the molecule is Clc1ccc(CN2CC[C@@H]3O[C@H]3C2)c(Cl)c1. The molecule has 2 atom stereocenters. The van der Waals surface area contributed by atoms with Gasteiger partial charge >= 0.3 is 0 Å². The minimum absolute atomic E-state index is 0.472. The van der Waals surface area contributed by atoms with Gasteiger partial charge in [-0.05, 0) is 24.1 Å². The van der Waals surface area contributed by atoms with Gasteiger partial charge in [-0.3, -0.25) is 4.90 Å². The van der Waals surface area contributed by atoms with Crippen molar-refractivity contribution in [3.63, 3.8) is 0 Å². The summed E-state index contributed by atoms with van der Waals surface area (Å²) >= 11 is 12.0. The van der Waals surface area contributed by atoms with Crippen molar-refractivity contribution in [2.24, 2.45) is 0 Å². The fraction of sp³-hybridized carbons (Fsp3) is 0.500. The Morgan fingerprint density at radius 3 is 2.94 bits per heavy atom. The van der Waals surface area contributed by atoms with Crippen LogP contribution in [-0.4, -0.2) is 30.2 Å². The van der Waals surface area contributed by atoms with Gasteiger partial charge in [0.05, 0.1) is 12.2 Å². The van der Waals surface area contributed by atoms with Gasteiger partial charge in [0.15, 0.2) is 0 Å². The van der Waals surface area contributed by atoms with Crippen LogP contribution in [0, 0.1) is 0 Å². The van der Waals surface area contributed by atoms with Crippen molar-refractivity contribution in [2.75, 3.05) is 13.1 Å². The summed E-state index contributed by atoms with van der Waals surface area (Å²) in [5.74, 6) is 0. The number of fused-ring (bicyclic) bond motifs is 1. The van der Waals surface area contributed by atoms with E-state index in [4.69, 9.17) is 27.9 Å². The predicted octanol–water partition coefficient (Wildman–Crippen LogP) is 2.97. The Kier molecular flexibility index (Phi) is 2.84. The van der Waals surface area contributed by atoms with Gasteiger partial charge in [0.25, 0.3) is 0 Å². The molecule has 2 saturated heterocycles. The van der Waals surface area contributed by atoms with Crippen LogP contribution in [0.2, 0.25) is 10.0 Å². The Bertz CT molecular complexity index is 410. The summed E-state index contributed by atoms with van der Waals surface area (Å²) in [4.78, 5) is 2.39. The third-order valence-corrected chi connectivity index (χ3v) is 3.85. The highest BCUT2D eigenvalue weighted by atomic mass is 35.5. The predicted molar refractivity (Wildman–Crippen MR) is 65.0 cm³/mol. The second-order valence-corrected chi connectivity index (χ2v) is 5.32. The Morgan fingerprint density at radius 1 is 1.31 bits per heavy atom. The lowest BCUT2D eigenvalue weighted by molar-refractivity contribution is 0.237. The molecule has 86 valence electrons. The molecule has 1 aromatic rings. The minimum Gasteiger partial charge on any atom is -0.368 e. The van der Waals surface area contributed by atoms with Crippen molar-refractivity contribution >= 4 is 23.2 Å². The molecule has 0 aromatic heterocycles. The normalized spacial score (nSPS) is 28.9. The highest BCUT2D eigenvalue weighted by molar-refractivity contribution is 6.35. The molecule has 0 bridgehead atoms. The molecule has 2 fully saturated rings. The summed E-state index contributed by atoms with van der Waals surface area (Å²) < 4.78 is 5.50. The van der Waals surface area contributed by atoms with E-state index in [9.17, 15) is 0 Å². The molecule has 0 radical (unpaired) electrons. The number of halogens is 2. The number of ether oxygens (including phenoxy) is 1. The Balaban J connectivity index is 1.68. The molecule has 3 rings (SSSR count). The molecular weight excluding hydrogens is 245 g/mol. The maximum absolute atomic E-state index is 6.15. The number of hydrogen-bond acceptors (Lipinski definition) is 2. The van der Waals surface area contributed by atoms with Crippen LogP contribution >= 0.6 is 23.2 Å². The molecule has 0 N–H and O–H groups in total. The van der Waals surface area contributed by atoms with Gasteiger partial charge < -0.3 is 4.74 Å². The minimum atomic E-state index is 0.472. The maximum Gasteiger partial charge on any atom is 0.0969 e. The van der Waals surface area contributed by atoms with Crippen molar-refractivity contribution < 1.29 is 4.74 Å². The fourth-order valence-corrected chi connectivity index (χ4v) is 2.75. The lowest BCUT2D eigenvalue weighted by atomic mass is 10.1. The van der Waals surface area contributed by atoms with Gasteiger partial charge in [0.2, 0.25) is 0 Å². The second-order valence-electron chi connectivity index (χ2n) is 4.47. The van der Waals surface area contributed by atoms with Gasteiger partial charge in [-0.1, -0.05) is 29.3 Å². The topological polar surface area (TPSA) is 15.8 Å². The average Bonchev–Trinajstić information content (AvgIpc) is 3.00. The average molecular weight is 258 g/mol. The van der Waals surface area contributed by atoms with E-state index in [1.54, 1.807) is 6.07 Å². The number of hydrogen-bond donors (Lipinski definition) is 0. The second kappa shape index (κ2) is 4.19. The van der Waals surface area contributed by atoms with Crippen LogP contribution in [0.25, 0.3) is 0 Å². The third-order valence-electron chi connectivity index (χ3n) is 3.26. The first kappa shape index (κ1) is 10.8. The molecule has 1 aromatic carbocycles. The van der Waals surface area contributed by atoms with E-state index in [0.29, 0.717) is 17.2 Å². The van der Waals surface area contributed by atoms with Crippen LogP contribution in [0.15, 0.2) is 18.2 Å². The first-order valence-electron chi connectivity index (χ1n) is 5.54. The monoisotopic (exact) mass is 257 g/mol. The van der Waals surface area contributed by atoms with Gasteiger partial charge in [-0.15, -0.1) is 0 Å². The molecule has 2 nitrogen and oxygen atoms in total. The van der Waals surface area contributed by atoms with E-state index >= 15 is 0 Å². The Hall–Kier alpha value is -0.280. The molecule has 4 heteroatoms. The van der Waals surface area contributed by atoms with Crippen LogP contribution in [0.5, 0.6) is 0 Å². The number of epoxide rings is 1. The Labute approximate surface area is 105 Å². The standard InChI is InChI=1S/C12H13Cl2NO/c13-9-2-1-8(10(14)5-9)6-15-4-3-11-12(7-15)16-11/h1-2,5,11-12H,3-4,6-7H2/t11-,12-/m0/s1. The molecule has 0 aliphatic carbocycles. The molecule has 0 saturated carbocycles. The molecule has 2 aliphatic heterocycles. The van der Waals surface area contributed by atoms with Gasteiger partial charge in [-0.2, -0.15) is 0 Å². The van der Waals surface area contributed by atoms with E-state index in [-0.39, 0.29) is 0 Å². The zero-order valence-corrected chi connectivity index (χ0v) is 10.3. The lowest BCUT2D eigenvalue weighted by Gasteiger charge is -2.24. The molecule has 0 amide bonds. The number of nitrogens with zero attached hydrogens (tertiary/aromatic N) is 1. The summed E-state index contributed by atoms with van der Waals surface area (Å²) in [5.41, 5.74) is 1.14. The zero-order chi connectivity index (χ0) is 11.1. The summed E-state index contributed by atoms with van der Waals surface area (Å²) in [6.45, 7) is 3.02. The van der Waals surface area contributed by atoms with Crippen molar-refractivity contribution in [1.82, 2.24) is 4.90 Å². The van der Waals surface area contributed by atoms with Crippen molar-refractivity contribution in [2.45, 2.75) is 25.2 Å². The number of likely N-dealkylation sites (tertiary alicyclic amines) is 1. The van der Waals surface area contributed by atoms with Crippen molar-refractivity contribution in [3.8, 4) is 0 Å². The van der Waals surface area contributed by atoms with E-state index < -0.39 is 0 Å². The quantitative estimate of drug-likeness (QED) is 0.758. The van der Waals surface area contributed by atoms with Gasteiger partial charge in [-0.25, -0.2) is 0 Å². The van der Waals surface area contributed by atoms with Gasteiger partial charge in [0, 0.05) is 29.7 Å². The molecule has 2 heterocycles. The highest BCUT2D eigenvalue weighted by Crippen LogP contribution is 2.32. The highest BCUT2D eigenvalue weighted by Gasteiger charge is 2.43. The van der Waals surface area contributed by atoms with Gasteiger partial charge in [0.1, 0.15) is 0 Å². The first-order valence-corrected chi connectivity index (χ1v) is 6.30. The maximum atomic E-state index is 6.15. The Morgan fingerprint density at radius 2 is 2.19 bits per heavy atom. The number of piperidine rings is 1. The lowest BCUT2D eigenvalue weighted by Crippen LogP contribution is -2.34. The number of benzene rings is 1. The molecule has 0 spiro atoms. The van der Waals surface area contributed by atoms with Crippen LogP contribution in [0.1, 0.15) is 12.0 Å². The van der Waals surface area contributed by atoms with E-state index in [2.05, 4.69) is 4.90 Å². The van der Waals surface area contributed by atoms with Crippen molar-refractivity contribution in [1.29, 1.82) is 0 Å². The molecule has 0 unspecified atom stereocenters. The molecule has 16 heavy (non-hydrogen) atoms. The summed E-state index contributed by atoms with van der Waals surface area (Å²) in [6, 6.07) is 5.70. The van der Waals surface area contributed by atoms with E-state index in [1.807, 2.05) is 12.1 Å². The van der Waals surface area contributed by atoms with Crippen LogP contribution in [0.3, 0.4) is 0 Å². The van der Waals surface area contributed by atoms with E-state index in [1.165, 1.54) is 0 Å². The van der Waals surface area contributed by atoms with Crippen LogP contribution < -0.4 is 0 Å². The smallest absolute Gasteiger partial charge is 0.0969 e. The molecule has 2 aliphatic rings. The summed E-state index contributed by atoms with van der Waals surface area (Å²) in [5, 5.41) is 1.45. The first-order chi connectivity index (χ1) is 7.72. The zero-order valence-electron chi connectivity index (χ0n) is 8.83. The largest absolute Gasteiger partial charge is 0.368 e.